The molecule has 1 fully saturated rings. The van der Waals surface area contributed by atoms with Crippen LogP contribution in [-0.2, 0) is 0 Å². The monoisotopic (exact) mass is 248 g/mol. The Bertz CT molecular complexity index is 436. The summed E-state index contributed by atoms with van der Waals surface area (Å²) in [4.78, 5) is 6.73. The van der Waals surface area contributed by atoms with Crippen LogP contribution in [0.15, 0.2) is 23.5 Å². The Morgan fingerprint density at radius 1 is 1.44 bits per heavy atom. The zero-order valence-electron chi connectivity index (χ0n) is 10.9. The average Bonchev–Trinajstić information content (AvgIpc) is 2.38. The Labute approximate surface area is 107 Å². The first-order chi connectivity index (χ1) is 8.63. The van der Waals surface area contributed by atoms with E-state index in [9.17, 15) is 0 Å². The summed E-state index contributed by atoms with van der Waals surface area (Å²) < 4.78 is 0. The molecule has 0 aliphatic carbocycles. The van der Waals surface area contributed by atoms with Crippen LogP contribution in [0.5, 0.6) is 0 Å². The van der Waals surface area contributed by atoms with Gasteiger partial charge < -0.3 is 15.8 Å². The van der Waals surface area contributed by atoms with Crippen LogP contribution in [-0.4, -0.2) is 28.1 Å². The number of nitrogens with zero attached hydrogens (tertiary/aromatic N) is 3. The lowest BCUT2D eigenvalue weighted by atomic mass is 9.97. The average molecular weight is 248 g/mol. The second kappa shape index (κ2) is 5.25. The van der Waals surface area contributed by atoms with Crippen LogP contribution in [0, 0.1) is 0 Å². The van der Waals surface area contributed by atoms with Crippen molar-refractivity contribution < 1.29 is 5.21 Å². The van der Waals surface area contributed by atoms with E-state index in [4.69, 9.17) is 10.9 Å². The fraction of sp³-hybridized carbons (Fsp3) is 0.538. The van der Waals surface area contributed by atoms with E-state index in [1.54, 1.807) is 12.3 Å². The fourth-order valence-corrected chi connectivity index (χ4v) is 2.65. The third-order valence-corrected chi connectivity index (χ3v) is 3.61. The van der Waals surface area contributed by atoms with E-state index >= 15 is 0 Å². The molecule has 0 bridgehead atoms. The topological polar surface area (TPSA) is 74.7 Å². The van der Waals surface area contributed by atoms with Crippen molar-refractivity contribution in [1.82, 2.24) is 4.98 Å². The third kappa shape index (κ3) is 2.39. The molecule has 2 unspecified atom stereocenters. The Kier molecular flexibility index (Phi) is 3.69. The maximum atomic E-state index is 8.72. The third-order valence-electron chi connectivity index (χ3n) is 3.61. The molecule has 0 saturated carbocycles. The molecule has 1 aliphatic rings. The Hall–Kier alpha value is -1.78. The van der Waals surface area contributed by atoms with Crippen LogP contribution in [0.2, 0.25) is 0 Å². The minimum absolute atomic E-state index is 0.121. The van der Waals surface area contributed by atoms with E-state index < -0.39 is 0 Å². The lowest BCUT2D eigenvalue weighted by molar-refractivity contribution is 0.318. The van der Waals surface area contributed by atoms with Gasteiger partial charge in [0.15, 0.2) is 5.84 Å². The van der Waals surface area contributed by atoms with Gasteiger partial charge in [-0.25, -0.2) is 4.98 Å². The SMILES string of the molecule is CC1CCCC(C)N1c1cc(/C(N)=N/O)ccn1. The summed E-state index contributed by atoms with van der Waals surface area (Å²) in [5.41, 5.74) is 6.32. The number of piperidine rings is 1. The fourth-order valence-electron chi connectivity index (χ4n) is 2.65. The molecule has 2 heterocycles. The summed E-state index contributed by atoms with van der Waals surface area (Å²) in [6, 6.07) is 4.58. The molecule has 1 saturated heterocycles. The zero-order valence-corrected chi connectivity index (χ0v) is 10.9. The van der Waals surface area contributed by atoms with Crippen molar-refractivity contribution in [2.24, 2.45) is 10.9 Å². The van der Waals surface area contributed by atoms with Crippen LogP contribution >= 0.6 is 0 Å². The molecule has 98 valence electrons. The Morgan fingerprint density at radius 2 is 2.11 bits per heavy atom. The summed E-state index contributed by atoms with van der Waals surface area (Å²) in [5.74, 6) is 1.02. The van der Waals surface area contributed by atoms with Gasteiger partial charge in [0.2, 0.25) is 0 Å². The standard InChI is InChI=1S/C13H20N4O/c1-9-4-3-5-10(2)17(9)12-8-11(6-7-15-12)13(14)16-18/h6-10,18H,3-5H2,1-2H3,(H2,14,16). The lowest BCUT2D eigenvalue weighted by Gasteiger charge is -2.40. The molecule has 0 radical (unpaired) electrons. The minimum Gasteiger partial charge on any atom is -0.409 e. The van der Waals surface area contributed by atoms with Crippen molar-refractivity contribution in [2.75, 3.05) is 4.90 Å². The highest BCUT2D eigenvalue weighted by atomic mass is 16.4. The van der Waals surface area contributed by atoms with E-state index in [1.165, 1.54) is 19.3 Å². The van der Waals surface area contributed by atoms with Crippen molar-refractivity contribution in [3.05, 3.63) is 23.9 Å². The summed E-state index contributed by atoms with van der Waals surface area (Å²) in [6.45, 7) is 4.43. The van der Waals surface area contributed by atoms with Crippen LogP contribution in [0.1, 0.15) is 38.7 Å². The van der Waals surface area contributed by atoms with E-state index in [0.717, 1.165) is 5.82 Å². The summed E-state index contributed by atoms with van der Waals surface area (Å²) in [7, 11) is 0. The van der Waals surface area contributed by atoms with E-state index in [-0.39, 0.29) is 5.84 Å². The quantitative estimate of drug-likeness (QED) is 0.363. The van der Waals surface area contributed by atoms with Gasteiger partial charge in [-0.05, 0) is 45.2 Å². The highest BCUT2D eigenvalue weighted by molar-refractivity contribution is 5.97. The Morgan fingerprint density at radius 3 is 2.72 bits per heavy atom. The highest BCUT2D eigenvalue weighted by Gasteiger charge is 2.25. The summed E-state index contributed by atoms with van der Waals surface area (Å²) in [6.07, 6.45) is 5.33. The maximum absolute atomic E-state index is 8.72. The molecule has 1 aliphatic heterocycles. The predicted molar refractivity (Wildman–Crippen MR) is 72.0 cm³/mol. The summed E-state index contributed by atoms with van der Waals surface area (Å²) >= 11 is 0. The van der Waals surface area contributed by atoms with Gasteiger partial charge in [0.1, 0.15) is 5.82 Å². The predicted octanol–water partition coefficient (Wildman–Crippen LogP) is 1.94. The number of aromatic nitrogens is 1. The smallest absolute Gasteiger partial charge is 0.170 e. The molecule has 1 aromatic heterocycles. The second-order valence-electron chi connectivity index (χ2n) is 4.92. The molecule has 0 amide bonds. The van der Waals surface area contributed by atoms with Gasteiger partial charge in [-0.2, -0.15) is 0 Å². The second-order valence-corrected chi connectivity index (χ2v) is 4.92. The van der Waals surface area contributed by atoms with E-state index in [1.807, 2.05) is 6.07 Å². The van der Waals surface area contributed by atoms with Crippen LogP contribution in [0.4, 0.5) is 5.82 Å². The molecule has 3 N–H and O–H groups in total. The molecule has 2 atom stereocenters. The zero-order chi connectivity index (χ0) is 13.1. The molecule has 2 rings (SSSR count). The van der Waals surface area contributed by atoms with Gasteiger partial charge in [0, 0.05) is 23.8 Å². The first-order valence-corrected chi connectivity index (χ1v) is 6.35. The lowest BCUT2D eigenvalue weighted by Crippen LogP contribution is -2.44. The van der Waals surface area contributed by atoms with Gasteiger partial charge in [0.25, 0.3) is 0 Å². The number of oxime groups is 1. The van der Waals surface area contributed by atoms with Crippen LogP contribution < -0.4 is 10.6 Å². The molecular weight excluding hydrogens is 228 g/mol. The largest absolute Gasteiger partial charge is 0.409 e. The van der Waals surface area contributed by atoms with Gasteiger partial charge in [-0.3, -0.25) is 0 Å². The molecule has 5 nitrogen and oxygen atoms in total. The number of hydrogen-bond donors (Lipinski definition) is 2. The van der Waals surface area contributed by atoms with Gasteiger partial charge >= 0.3 is 0 Å². The Balaban J connectivity index is 2.32. The van der Waals surface area contributed by atoms with Crippen LogP contribution in [0.25, 0.3) is 0 Å². The van der Waals surface area contributed by atoms with E-state index in [0.29, 0.717) is 17.6 Å². The van der Waals surface area contributed by atoms with Crippen molar-refractivity contribution >= 4 is 11.7 Å². The van der Waals surface area contributed by atoms with Gasteiger partial charge in [-0.15, -0.1) is 0 Å². The molecule has 1 aromatic rings. The molecular formula is C13H20N4O. The first-order valence-electron chi connectivity index (χ1n) is 6.35. The van der Waals surface area contributed by atoms with Crippen molar-refractivity contribution in [3.63, 3.8) is 0 Å². The van der Waals surface area contributed by atoms with Crippen molar-refractivity contribution in [1.29, 1.82) is 0 Å². The number of hydrogen-bond acceptors (Lipinski definition) is 4. The molecule has 0 aromatic carbocycles. The van der Waals surface area contributed by atoms with Crippen molar-refractivity contribution in [2.45, 2.75) is 45.2 Å². The number of anilines is 1. The minimum atomic E-state index is 0.121. The summed E-state index contributed by atoms with van der Waals surface area (Å²) in [5, 5.41) is 11.8. The normalized spacial score (nSPS) is 25.2. The number of pyridine rings is 1. The molecule has 18 heavy (non-hydrogen) atoms. The first kappa shape index (κ1) is 12.7. The molecule has 5 heteroatoms. The van der Waals surface area contributed by atoms with Gasteiger partial charge in [-0.1, -0.05) is 5.16 Å². The van der Waals surface area contributed by atoms with Gasteiger partial charge in [0.05, 0.1) is 0 Å². The number of nitrogens with two attached hydrogens (primary N) is 1. The highest BCUT2D eigenvalue weighted by Crippen LogP contribution is 2.27. The van der Waals surface area contributed by atoms with Crippen molar-refractivity contribution in [3.8, 4) is 0 Å². The number of amidine groups is 1. The van der Waals surface area contributed by atoms with E-state index in [2.05, 4.69) is 28.9 Å². The number of rotatable bonds is 2. The molecule has 0 spiro atoms. The maximum Gasteiger partial charge on any atom is 0.170 e. The van der Waals surface area contributed by atoms with Crippen LogP contribution in [0.3, 0.4) is 0 Å².